The molecule has 2 aromatic heterocycles. The number of aromatic nitrogens is 2. The van der Waals surface area contributed by atoms with E-state index in [9.17, 15) is 13.2 Å². The first-order valence-corrected chi connectivity index (χ1v) is 9.19. The number of hydrogen-bond acceptors (Lipinski definition) is 6. The molecule has 8 nitrogen and oxygen atoms in total. The second kappa shape index (κ2) is 6.73. The molecule has 0 amide bonds. The highest BCUT2D eigenvalue weighted by molar-refractivity contribution is 9.10. The summed E-state index contributed by atoms with van der Waals surface area (Å²) in [6.45, 7) is 0. The van der Waals surface area contributed by atoms with Gasteiger partial charge in [-0.25, -0.2) is 9.48 Å². The summed E-state index contributed by atoms with van der Waals surface area (Å²) in [5.41, 5.74) is 0.825. The molecule has 0 aliphatic rings. The van der Waals surface area contributed by atoms with Gasteiger partial charge in [0.25, 0.3) is 10.0 Å². The van der Waals surface area contributed by atoms with Crippen LogP contribution in [0.15, 0.2) is 62.8 Å². The average molecular weight is 426 g/mol. The van der Waals surface area contributed by atoms with E-state index in [1.807, 2.05) is 0 Å². The van der Waals surface area contributed by atoms with Crippen molar-refractivity contribution < 1.29 is 22.4 Å². The molecule has 0 saturated carbocycles. The van der Waals surface area contributed by atoms with Crippen molar-refractivity contribution in [3.8, 4) is 5.69 Å². The number of furan rings is 1. The second-order valence-corrected chi connectivity index (χ2v) is 7.37. The van der Waals surface area contributed by atoms with Crippen LogP contribution in [0.5, 0.6) is 0 Å². The lowest BCUT2D eigenvalue weighted by molar-refractivity contribution is 0.0559. The minimum absolute atomic E-state index is 0.202. The first kappa shape index (κ1) is 17.2. The molecule has 0 aliphatic heterocycles. The van der Waals surface area contributed by atoms with Crippen molar-refractivity contribution in [2.45, 2.75) is 5.09 Å². The average Bonchev–Trinajstić information content (AvgIpc) is 3.24. The Morgan fingerprint density at radius 2 is 2.04 bits per heavy atom. The molecule has 0 radical (unpaired) electrons. The molecule has 0 spiro atoms. The maximum atomic E-state index is 12.5. The maximum Gasteiger partial charge on any atom is 0.374 e. The van der Waals surface area contributed by atoms with Gasteiger partial charge in [0.1, 0.15) is 0 Å². The number of anilines is 1. The fraction of sp³-hybridized carbons (Fsp3) is 0.0667. The summed E-state index contributed by atoms with van der Waals surface area (Å²) in [5, 5.41) is 3.74. The molecule has 0 aliphatic carbocycles. The van der Waals surface area contributed by atoms with Gasteiger partial charge in [-0.05, 0) is 40.2 Å². The van der Waals surface area contributed by atoms with Crippen molar-refractivity contribution >= 4 is 37.6 Å². The standard InChI is InChI=1S/C15H12BrN3O5S/c1-23-15(20)13-6-7-14(24-13)25(21,22)18-11-4-2-3-5-12(11)19-9-10(16)8-17-19/h2-9,18H,1H3. The number of halogens is 1. The monoisotopic (exact) mass is 425 g/mol. The minimum Gasteiger partial charge on any atom is -0.463 e. The number of methoxy groups -OCH3 is 1. The Kier molecular flexibility index (Phi) is 4.64. The van der Waals surface area contributed by atoms with Crippen molar-refractivity contribution in [2.75, 3.05) is 11.8 Å². The molecule has 2 heterocycles. The minimum atomic E-state index is -4.04. The SMILES string of the molecule is COC(=O)c1ccc(S(=O)(=O)Nc2ccccc2-n2cc(Br)cn2)o1. The Labute approximate surface area is 151 Å². The third-order valence-electron chi connectivity index (χ3n) is 3.18. The van der Waals surface area contributed by atoms with E-state index in [-0.39, 0.29) is 5.76 Å². The predicted molar refractivity (Wildman–Crippen MR) is 92.1 cm³/mol. The number of carbonyl (C=O) groups excluding carboxylic acids is 1. The summed E-state index contributed by atoms with van der Waals surface area (Å²) >= 11 is 3.29. The molecule has 0 saturated heterocycles. The molecule has 10 heteroatoms. The number of para-hydroxylation sites is 2. The molecule has 3 aromatic rings. The van der Waals surface area contributed by atoms with Gasteiger partial charge in [0.15, 0.2) is 0 Å². The fourth-order valence-corrected chi connectivity index (χ4v) is 3.36. The largest absolute Gasteiger partial charge is 0.463 e. The maximum absolute atomic E-state index is 12.5. The van der Waals surface area contributed by atoms with Gasteiger partial charge in [-0.3, -0.25) is 4.72 Å². The Morgan fingerprint density at radius 3 is 2.72 bits per heavy atom. The molecule has 130 valence electrons. The molecular weight excluding hydrogens is 414 g/mol. The zero-order valence-electron chi connectivity index (χ0n) is 12.8. The number of esters is 1. The number of ether oxygens (including phenoxy) is 1. The van der Waals surface area contributed by atoms with Crippen molar-refractivity contribution in [3.63, 3.8) is 0 Å². The number of sulfonamides is 1. The Balaban J connectivity index is 1.94. The molecule has 0 unspecified atom stereocenters. The van der Waals surface area contributed by atoms with Crippen molar-refractivity contribution in [1.82, 2.24) is 9.78 Å². The van der Waals surface area contributed by atoms with E-state index >= 15 is 0 Å². The van der Waals surface area contributed by atoms with Gasteiger partial charge in [0.2, 0.25) is 10.9 Å². The first-order valence-electron chi connectivity index (χ1n) is 6.91. The van der Waals surface area contributed by atoms with Crippen LogP contribution >= 0.6 is 15.9 Å². The number of hydrogen-bond donors (Lipinski definition) is 1. The van der Waals surface area contributed by atoms with E-state index in [2.05, 4.69) is 30.5 Å². The zero-order chi connectivity index (χ0) is 18.0. The highest BCUT2D eigenvalue weighted by atomic mass is 79.9. The number of rotatable bonds is 5. The summed E-state index contributed by atoms with van der Waals surface area (Å²) in [6.07, 6.45) is 3.27. The van der Waals surface area contributed by atoms with E-state index in [1.165, 1.54) is 23.9 Å². The Morgan fingerprint density at radius 1 is 1.28 bits per heavy atom. The van der Waals surface area contributed by atoms with Crippen molar-refractivity contribution in [2.24, 2.45) is 0 Å². The molecule has 25 heavy (non-hydrogen) atoms. The zero-order valence-corrected chi connectivity index (χ0v) is 15.2. The van der Waals surface area contributed by atoms with Crippen LogP contribution < -0.4 is 4.72 Å². The predicted octanol–water partition coefficient (Wildman–Crippen LogP) is 2.82. The van der Waals surface area contributed by atoms with Crippen LogP contribution in [0.4, 0.5) is 5.69 Å². The third kappa shape index (κ3) is 3.59. The van der Waals surface area contributed by atoms with E-state index in [1.54, 1.807) is 36.7 Å². The van der Waals surface area contributed by atoms with E-state index < -0.39 is 21.1 Å². The number of benzene rings is 1. The van der Waals surface area contributed by atoms with Crippen molar-refractivity contribution in [1.29, 1.82) is 0 Å². The lowest BCUT2D eigenvalue weighted by Crippen LogP contribution is -2.14. The third-order valence-corrected chi connectivity index (χ3v) is 4.83. The molecule has 3 rings (SSSR count). The van der Waals surface area contributed by atoms with Gasteiger partial charge in [-0.1, -0.05) is 12.1 Å². The summed E-state index contributed by atoms with van der Waals surface area (Å²) in [5.74, 6) is -0.963. The molecule has 0 bridgehead atoms. The number of nitrogens with zero attached hydrogens (tertiary/aromatic N) is 2. The Bertz CT molecular complexity index is 1030. The van der Waals surface area contributed by atoms with E-state index in [0.717, 1.165) is 4.47 Å². The summed E-state index contributed by atoms with van der Waals surface area (Å²) in [6, 6.07) is 9.15. The fourth-order valence-electron chi connectivity index (χ4n) is 2.06. The molecule has 1 N–H and O–H groups in total. The lowest BCUT2D eigenvalue weighted by Gasteiger charge is -2.11. The van der Waals surface area contributed by atoms with E-state index in [4.69, 9.17) is 4.42 Å². The van der Waals surface area contributed by atoms with Crippen LogP contribution in [-0.4, -0.2) is 31.3 Å². The summed E-state index contributed by atoms with van der Waals surface area (Å²) < 4.78 is 39.3. The highest BCUT2D eigenvalue weighted by Crippen LogP contribution is 2.25. The van der Waals surface area contributed by atoms with Gasteiger partial charge < -0.3 is 9.15 Å². The van der Waals surface area contributed by atoms with E-state index in [0.29, 0.717) is 11.4 Å². The molecule has 1 aromatic carbocycles. The van der Waals surface area contributed by atoms with Crippen LogP contribution in [-0.2, 0) is 14.8 Å². The van der Waals surface area contributed by atoms with Gasteiger partial charge >= 0.3 is 5.97 Å². The van der Waals surface area contributed by atoms with Gasteiger partial charge in [-0.2, -0.15) is 13.5 Å². The van der Waals surface area contributed by atoms with Crippen LogP contribution in [0, 0.1) is 0 Å². The first-order chi connectivity index (χ1) is 11.9. The van der Waals surface area contributed by atoms with Gasteiger partial charge in [0, 0.05) is 6.20 Å². The Hall–Kier alpha value is -2.59. The lowest BCUT2D eigenvalue weighted by atomic mass is 10.3. The normalized spacial score (nSPS) is 11.3. The highest BCUT2D eigenvalue weighted by Gasteiger charge is 2.23. The van der Waals surface area contributed by atoms with Crippen LogP contribution in [0.2, 0.25) is 0 Å². The number of nitrogens with one attached hydrogen (secondary N) is 1. The smallest absolute Gasteiger partial charge is 0.374 e. The number of carbonyl (C=O) groups is 1. The van der Waals surface area contributed by atoms with Crippen LogP contribution in [0.1, 0.15) is 10.6 Å². The quantitative estimate of drug-likeness (QED) is 0.630. The van der Waals surface area contributed by atoms with Gasteiger partial charge in [0.05, 0.1) is 29.2 Å². The molecule has 0 atom stereocenters. The van der Waals surface area contributed by atoms with Crippen LogP contribution in [0.3, 0.4) is 0 Å². The topological polar surface area (TPSA) is 103 Å². The van der Waals surface area contributed by atoms with Gasteiger partial charge in [-0.15, -0.1) is 0 Å². The summed E-state index contributed by atoms with van der Waals surface area (Å²) in [7, 11) is -2.86. The van der Waals surface area contributed by atoms with Crippen LogP contribution in [0.25, 0.3) is 5.69 Å². The summed E-state index contributed by atoms with van der Waals surface area (Å²) in [4.78, 5) is 11.4. The molecule has 0 fully saturated rings. The second-order valence-electron chi connectivity index (χ2n) is 4.84. The molecular formula is C15H12BrN3O5S. The van der Waals surface area contributed by atoms with Crippen molar-refractivity contribution in [3.05, 3.63) is 59.0 Å².